The van der Waals surface area contributed by atoms with Crippen LogP contribution in [0.15, 0.2) is 53.6 Å². The van der Waals surface area contributed by atoms with E-state index in [0.717, 1.165) is 32.5 Å². The summed E-state index contributed by atoms with van der Waals surface area (Å²) in [7, 11) is 0. The minimum Gasteiger partial charge on any atom is -0.455 e. The lowest BCUT2D eigenvalue weighted by Crippen LogP contribution is -2.30. The van der Waals surface area contributed by atoms with Gasteiger partial charge in [0, 0.05) is 28.5 Å². The summed E-state index contributed by atoms with van der Waals surface area (Å²) in [5.74, 6) is -0.491. The second kappa shape index (κ2) is 9.46. The fourth-order valence-electron chi connectivity index (χ4n) is 2.91. The number of aryl methyl sites for hydroxylation is 2. The van der Waals surface area contributed by atoms with Crippen LogP contribution in [0.2, 0.25) is 0 Å². The topological polar surface area (TPSA) is 71.2 Å². The normalized spacial score (nSPS) is 10.8. The van der Waals surface area contributed by atoms with Gasteiger partial charge in [0.1, 0.15) is 0 Å². The number of thioether (sulfide) groups is 1. The first-order chi connectivity index (χ1) is 13.5. The lowest BCUT2D eigenvalue weighted by atomic mass is 10.1. The average Bonchev–Trinajstić information content (AvgIpc) is 3.10. The number of aromatic nitrogens is 1. The second-order valence-corrected chi connectivity index (χ2v) is 7.69. The number of carbonyl (C=O) groups excluding carboxylic acids is 2. The smallest absolute Gasteiger partial charge is 0.316 e. The summed E-state index contributed by atoms with van der Waals surface area (Å²) < 4.78 is 5.08. The van der Waals surface area contributed by atoms with Gasteiger partial charge in [0.05, 0.1) is 5.75 Å². The summed E-state index contributed by atoms with van der Waals surface area (Å²) in [6.45, 7) is 4.27. The molecule has 2 N–H and O–H groups in total. The Balaban J connectivity index is 1.37. The molecule has 0 saturated carbocycles. The molecule has 3 rings (SSSR count). The molecule has 6 heteroatoms. The van der Waals surface area contributed by atoms with Crippen LogP contribution in [0.25, 0.3) is 10.9 Å². The van der Waals surface area contributed by atoms with Crippen LogP contribution in [0.3, 0.4) is 0 Å². The van der Waals surface area contributed by atoms with Crippen LogP contribution >= 0.6 is 11.8 Å². The molecule has 0 aliphatic heterocycles. The van der Waals surface area contributed by atoms with Crippen molar-refractivity contribution in [1.29, 1.82) is 0 Å². The molecule has 146 valence electrons. The van der Waals surface area contributed by atoms with E-state index in [2.05, 4.69) is 16.4 Å². The number of hydrogen-bond donors (Lipinski definition) is 2. The van der Waals surface area contributed by atoms with Crippen molar-refractivity contribution in [3.8, 4) is 0 Å². The molecule has 0 atom stereocenters. The van der Waals surface area contributed by atoms with Crippen molar-refractivity contribution in [2.24, 2.45) is 0 Å². The monoisotopic (exact) mass is 396 g/mol. The highest BCUT2D eigenvalue weighted by atomic mass is 32.2. The number of esters is 1. The third-order valence-electron chi connectivity index (χ3n) is 4.44. The Morgan fingerprint density at radius 2 is 1.96 bits per heavy atom. The molecule has 28 heavy (non-hydrogen) atoms. The maximum absolute atomic E-state index is 11.9. The van der Waals surface area contributed by atoms with E-state index in [1.54, 1.807) is 0 Å². The summed E-state index contributed by atoms with van der Waals surface area (Å²) in [4.78, 5) is 28.1. The predicted molar refractivity (Wildman–Crippen MR) is 113 cm³/mol. The second-order valence-electron chi connectivity index (χ2n) is 6.68. The van der Waals surface area contributed by atoms with Gasteiger partial charge in [0.2, 0.25) is 0 Å². The number of nitrogens with one attached hydrogen (secondary N) is 2. The minimum absolute atomic E-state index is 0.187. The number of ether oxygens (including phenoxy) is 1. The van der Waals surface area contributed by atoms with Crippen LogP contribution in [-0.4, -0.2) is 35.8 Å². The fraction of sp³-hybridized carbons (Fsp3) is 0.273. The van der Waals surface area contributed by atoms with Gasteiger partial charge in [-0.2, -0.15) is 0 Å². The van der Waals surface area contributed by atoms with Crippen molar-refractivity contribution in [2.45, 2.75) is 25.2 Å². The van der Waals surface area contributed by atoms with Crippen LogP contribution < -0.4 is 5.32 Å². The van der Waals surface area contributed by atoms with Gasteiger partial charge in [0.15, 0.2) is 6.61 Å². The molecule has 5 nitrogen and oxygen atoms in total. The van der Waals surface area contributed by atoms with E-state index in [9.17, 15) is 9.59 Å². The molecular weight excluding hydrogens is 372 g/mol. The number of aromatic amines is 1. The summed E-state index contributed by atoms with van der Waals surface area (Å²) in [6, 6.07) is 14.2. The van der Waals surface area contributed by atoms with Crippen molar-refractivity contribution in [3.63, 3.8) is 0 Å². The van der Waals surface area contributed by atoms with Crippen LogP contribution in [-0.2, 0) is 20.7 Å². The Labute approximate surface area is 168 Å². The Morgan fingerprint density at radius 3 is 2.82 bits per heavy atom. The van der Waals surface area contributed by atoms with Crippen molar-refractivity contribution in [1.82, 2.24) is 10.3 Å². The Morgan fingerprint density at radius 1 is 1.14 bits per heavy atom. The molecule has 3 aromatic rings. The number of fused-ring (bicyclic) bond motifs is 1. The standard InChI is InChI=1S/C22H24N2O3S/c1-15-7-8-16(2)20(11-15)28-14-22(26)27-13-21(25)23-10-9-17-12-24-19-6-4-3-5-18(17)19/h3-8,11-12,24H,9-10,13-14H2,1-2H3,(H,23,25). The lowest BCUT2D eigenvalue weighted by molar-refractivity contribution is -0.145. The van der Waals surface area contributed by atoms with Gasteiger partial charge in [-0.1, -0.05) is 35.9 Å². The van der Waals surface area contributed by atoms with Gasteiger partial charge in [-0.05, 0) is 43.5 Å². The fourth-order valence-corrected chi connectivity index (χ4v) is 3.83. The molecule has 0 unspecified atom stereocenters. The molecule has 0 saturated heterocycles. The van der Waals surface area contributed by atoms with E-state index in [1.807, 2.05) is 56.4 Å². The molecule has 1 heterocycles. The highest BCUT2D eigenvalue weighted by molar-refractivity contribution is 8.00. The van der Waals surface area contributed by atoms with E-state index in [-0.39, 0.29) is 18.3 Å². The van der Waals surface area contributed by atoms with E-state index >= 15 is 0 Å². The van der Waals surface area contributed by atoms with E-state index in [0.29, 0.717) is 13.0 Å². The highest BCUT2D eigenvalue weighted by Gasteiger charge is 2.10. The number of rotatable bonds is 8. The maximum Gasteiger partial charge on any atom is 0.316 e. The molecule has 0 aliphatic rings. The van der Waals surface area contributed by atoms with Gasteiger partial charge in [-0.25, -0.2) is 0 Å². The van der Waals surface area contributed by atoms with Gasteiger partial charge in [-0.15, -0.1) is 11.8 Å². The quantitative estimate of drug-likeness (QED) is 0.449. The summed E-state index contributed by atoms with van der Waals surface area (Å²) >= 11 is 1.43. The molecule has 1 amide bonds. The number of hydrogen-bond acceptors (Lipinski definition) is 4. The molecule has 0 spiro atoms. The first-order valence-electron chi connectivity index (χ1n) is 9.20. The molecule has 0 bridgehead atoms. The summed E-state index contributed by atoms with van der Waals surface area (Å²) in [6.07, 6.45) is 2.67. The van der Waals surface area contributed by atoms with Crippen molar-refractivity contribution in [3.05, 3.63) is 65.4 Å². The van der Waals surface area contributed by atoms with Gasteiger partial charge >= 0.3 is 5.97 Å². The molecular formula is C22H24N2O3S. The Kier molecular flexibility index (Phi) is 6.76. The third kappa shape index (κ3) is 5.39. The summed E-state index contributed by atoms with van der Waals surface area (Å²) in [5.41, 5.74) is 4.51. The Bertz CT molecular complexity index is 981. The van der Waals surface area contributed by atoms with Gasteiger partial charge < -0.3 is 15.0 Å². The first-order valence-corrected chi connectivity index (χ1v) is 10.2. The number of carbonyl (C=O) groups is 2. The van der Waals surface area contributed by atoms with E-state index in [1.165, 1.54) is 11.8 Å². The lowest BCUT2D eigenvalue weighted by Gasteiger charge is -2.08. The number of H-pyrrole nitrogens is 1. The highest BCUT2D eigenvalue weighted by Crippen LogP contribution is 2.23. The molecule has 2 aromatic carbocycles. The van der Waals surface area contributed by atoms with Crippen molar-refractivity contribution in [2.75, 3.05) is 18.9 Å². The van der Waals surface area contributed by atoms with Crippen LogP contribution in [0, 0.1) is 13.8 Å². The number of benzene rings is 2. The van der Waals surface area contributed by atoms with E-state index < -0.39 is 5.97 Å². The number of para-hydroxylation sites is 1. The van der Waals surface area contributed by atoms with Gasteiger partial charge in [-0.3, -0.25) is 9.59 Å². The molecule has 1 aromatic heterocycles. The van der Waals surface area contributed by atoms with Crippen molar-refractivity contribution >= 4 is 34.5 Å². The Hall–Kier alpha value is -2.73. The summed E-state index contributed by atoms with van der Waals surface area (Å²) in [5, 5.41) is 3.95. The van der Waals surface area contributed by atoms with Crippen LogP contribution in [0.4, 0.5) is 0 Å². The predicted octanol–water partition coefficient (Wildman–Crippen LogP) is 3.78. The minimum atomic E-state index is -0.391. The third-order valence-corrected chi connectivity index (χ3v) is 5.58. The zero-order chi connectivity index (χ0) is 19.9. The number of amides is 1. The SMILES string of the molecule is Cc1ccc(C)c(SCC(=O)OCC(=O)NCCc2c[nH]c3ccccc23)c1. The van der Waals surface area contributed by atoms with E-state index in [4.69, 9.17) is 4.74 Å². The largest absolute Gasteiger partial charge is 0.455 e. The first kappa shape index (κ1) is 20.0. The molecule has 0 fully saturated rings. The van der Waals surface area contributed by atoms with Crippen molar-refractivity contribution < 1.29 is 14.3 Å². The van der Waals surface area contributed by atoms with Gasteiger partial charge in [0.25, 0.3) is 5.91 Å². The average molecular weight is 397 g/mol. The molecule has 0 radical (unpaired) electrons. The zero-order valence-corrected chi connectivity index (χ0v) is 16.9. The maximum atomic E-state index is 11.9. The van der Waals surface area contributed by atoms with Crippen LogP contribution in [0.5, 0.6) is 0 Å². The zero-order valence-electron chi connectivity index (χ0n) is 16.1. The molecule has 0 aliphatic carbocycles. The van der Waals surface area contributed by atoms with Crippen LogP contribution in [0.1, 0.15) is 16.7 Å².